The molecule has 0 aliphatic carbocycles. The van der Waals surface area contributed by atoms with Crippen LogP contribution in [-0.2, 0) is 11.2 Å². The highest BCUT2D eigenvalue weighted by atomic mass is 35.5. The maximum absolute atomic E-state index is 13.2. The molecule has 0 saturated carbocycles. The van der Waals surface area contributed by atoms with Crippen LogP contribution in [-0.4, -0.2) is 21.5 Å². The fourth-order valence-electron chi connectivity index (χ4n) is 3.68. The third-order valence-corrected chi connectivity index (χ3v) is 5.36. The minimum atomic E-state index is -0.562. The highest BCUT2D eigenvalue weighted by molar-refractivity contribution is 6.30. The van der Waals surface area contributed by atoms with Gasteiger partial charge in [-0.3, -0.25) is 9.59 Å². The van der Waals surface area contributed by atoms with Gasteiger partial charge in [0, 0.05) is 22.6 Å². The SMILES string of the molecule is CCc1cccc(-n2nc(C)c3c2NC(=O)C[C@H]3C(=O)c2ccc(Cl)cc2)c1. The number of fused-ring (bicyclic) bond motifs is 1. The molecule has 0 bridgehead atoms. The Balaban J connectivity index is 1.81. The molecule has 0 saturated heterocycles. The van der Waals surface area contributed by atoms with Gasteiger partial charge in [0.15, 0.2) is 5.78 Å². The number of hydrogen-bond acceptors (Lipinski definition) is 3. The first-order chi connectivity index (χ1) is 13.5. The van der Waals surface area contributed by atoms with Crippen molar-refractivity contribution in [1.82, 2.24) is 9.78 Å². The standard InChI is InChI=1S/C22H20ClN3O2/c1-3-14-5-4-6-17(11-14)26-22-20(13(2)25-26)18(12-19(27)24-22)21(28)15-7-9-16(23)10-8-15/h4-11,18H,3,12H2,1-2H3,(H,24,27)/t18-/m1/s1. The molecule has 0 fully saturated rings. The molecule has 0 unspecified atom stereocenters. The van der Waals surface area contributed by atoms with Crippen molar-refractivity contribution >= 4 is 29.1 Å². The van der Waals surface area contributed by atoms with E-state index < -0.39 is 5.92 Å². The molecule has 2 heterocycles. The lowest BCUT2D eigenvalue weighted by Crippen LogP contribution is -2.28. The Hall–Kier alpha value is -2.92. The highest BCUT2D eigenvalue weighted by Crippen LogP contribution is 2.38. The number of nitrogens with one attached hydrogen (secondary N) is 1. The van der Waals surface area contributed by atoms with E-state index in [0.29, 0.717) is 16.4 Å². The van der Waals surface area contributed by atoms with Gasteiger partial charge in [-0.25, -0.2) is 4.68 Å². The highest BCUT2D eigenvalue weighted by Gasteiger charge is 2.36. The first kappa shape index (κ1) is 18.4. The minimum Gasteiger partial charge on any atom is -0.310 e. The number of benzene rings is 2. The number of amides is 1. The lowest BCUT2D eigenvalue weighted by Gasteiger charge is -2.23. The summed E-state index contributed by atoms with van der Waals surface area (Å²) in [6, 6.07) is 14.8. The van der Waals surface area contributed by atoms with E-state index in [0.717, 1.165) is 23.4 Å². The molecule has 1 amide bonds. The quantitative estimate of drug-likeness (QED) is 0.653. The average Bonchev–Trinajstić information content (AvgIpc) is 3.04. The van der Waals surface area contributed by atoms with Crippen molar-refractivity contribution in [3.8, 4) is 5.69 Å². The van der Waals surface area contributed by atoms with Crippen molar-refractivity contribution in [2.45, 2.75) is 32.6 Å². The number of hydrogen-bond donors (Lipinski definition) is 1. The van der Waals surface area contributed by atoms with Gasteiger partial charge in [-0.05, 0) is 55.3 Å². The summed E-state index contributed by atoms with van der Waals surface area (Å²) in [4.78, 5) is 25.6. The molecule has 4 rings (SSSR count). The van der Waals surface area contributed by atoms with Gasteiger partial charge >= 0.3 is 0 Å². The number of ketones is 1. The van der Waals surface area contributed by atoms with Gasteiger partial charge in [0.25, 0.3) is 0 Å². The predicted octanol–water partition coefficient (Wildman–Crippen LogP) is 4.71. The van der Waals surface area contributed by atoms with Crippen LogP contribution in [0.1, 0.15) is 46.4 Å². The summed E-state index contributed by atoms with van der Waals surface area (Å²) in [6.45, 7) is 3.96. The van der Waals surface area contributed by atoms with E-state index in [1.165, 1.54) is 5.56 Å². The van der Waals surface area contributed by atoms with Crippen LogP contribution in [0.5, 0.6) is 0 Å². The lowest BCUT2D eigenvalue weighted by molar-refractivity contribution is -0.116. The zero-order valence-electron chi connectivity index (χ0n) is 15.7. The second kappa shape index (κ2) is 7.24. The van der Waals surface area contributed by atoms with Crippen LogP contribution in [0.15, 0.2) is 48.5 Å². The second-order valence-corrected chi connectivity index (χ2v) is 7.40. The van der Waals surface area contributed by atoms with Crippen molar-refractivity contribution in [3.63, 3.8) is 0 Å². The fraction of sp³-hybridized carbons (Fsp3) is 0.227. The zero-order chi connectivity index (χ0) is 19.8. The number of aryl methyl sites for hydroxylation is 2. The summed E-state index contributed by atoms with van der Waals surface area (Å²) in [5, 5.41) is 8.13. The molecule has 1 aliphatic rings. The minimum absolute atomic E-state index is 0.0993. The Kier molecular flexibility index (Phi) is 4.77. The summed E-state index contributed by atoms with van der Waals surface area (Å²) < 4.78 is 1.73. The molecule has 5 nitrogen and oxygen atoms in total. The maximum atomic E-state index is 13.2. The van der Waals surface area contributed by atoms with Gasteiger partial charge in [0.05, 0.1) is 17.3 Å². The van der Waals surface area contributed by atoms with Gasteiger partial charge in [0.2, 0.25) is 5.91 Å². The maximum Gasteiger partial charge on any atom is 0.226 e. The average molecular weight is 394 g/mol. The Labute approximate surface area is 168 Å². The largest absolute Gasteiger partial charge is 0.310 e. The molecule has 6 heteroatoms. The molecule has 28 heavy (non-hydrogen) atoms. The predicted molar refractivity (Wildman–Crippen MR) is 109 cm³/mol. The summed E-state index contributed by atoms with van der Waals surface area (Å²) in [6.07, 6.45) is 1.01. The second-order valence-electron chi connectivity index (χ2n) is 6.96. The molecule has 0 spiro atoms. The van der Waals surface area contributed by atoms with Crippen molar-refractivity contribution < 1.29 is 9.59 Å². The van der Waals surface area contributed by atoms with E-state index in [2.05, 4.69) is 23.4 Å². The summed E-state index contributed by atoms with van der Waals surface area (Å²) in [5.74, 6) is -0.271. The van der Waals surface area contributed by atoms with Gasteiger partial charge in [-0.15, -0.1) is 0 Å². The van der Waals surface area contributed by atoms with Gasteiger partial charge < -0.3 is 5.32 Å². The molecular formula is C22H20ClN3O2. The van der Waals surface area contributed by atoms with Crippen molar-refractivity contribution in [3.05, 3.63) is 75.9 Å². The monoisotopic (exact) mass is 393 g/mol. The lowest BCUT2D eigenvalue weighted by atomic mass is 9.85. The Morgan fingerprint density at radius 3 is 2.71 bits per heavy atom. The molecule has 1 atom stereocenters. The molecule has 0 radical (unpaired) electrons. The molecule has 142 valence electrons. The van der Waals surface area contributed by atoms with Crippen LogP contribution >= 0.6 is 11.6 Å². The smallest absolute Gasteiger partial charge is 0.226 e. The Morgan fingerprint density at radius 2 is 2.00 bits per heavy atom. The summed E-state index contributed by atoms with van der Waals surface area (Å²) in [7, 11) is 0. The van der Waals surface area contributed by atoms with E-state index in [-0.39, 0.29) is 18.1 Å². The first-order valence-electron chi connectivity index (χ1n) is 9.26. The number of aromatic nitrogens is 2. The van der Waals surface area contributed by atoms with Crippen molar-refractivity contribution in [2.75, 3.05) is 5.32 Å². The number of rotatable bonds is 4. The van der Waals surface area contributed by atoms with Crippen molar-refractivity contribution in [1.29, 1.82) is 0 Å². The van der Waals surface area contributed by atoms with Crippen LogP contribution in [0.2, 0.25) is 5.02 Å². The van der Waals surface area contributed by atoms with Crippen LogP contribution in [0.3, 0.4) is 0 Å². The normalized spacial score (nSPS) is 15.8. The van der Waals surface area contributed by atoms with Crippen LogP contribution in [0, 0.1) is 6.92 Å². The van der Waals surface area contributed by atoms with Crippen LogP contribution in [0.25, 0.3) is 5.69 Å². The number of carbonyl (C=O) groups is 2. The van der Waals surface area contributed by atoms with Gasteiger partial charge in [-0.2, -0.15) is 5.10 Å². The molecule has 1 aromatic heterocycles. The van der Waals surface area contributed by atoms with Crippen LogP contribution < -0.4 is 5.32 Å². The molecule has 1 N–H and O–H groups in total. The summed E-state index contributed by atoms with van der Waals surface area (Å²) >= 11 is 5.94. The zero-order valence-corrected chi connectivity index (χ0v) is 16.5. The molecule has 2 aromatic carbocycles. The van der Waals surface area contributed by atoms with Crippen molar-refractivity contribution in [2.24, 2.45) is 0 Å². The number of halogens is 1. The number of anilines is 1. The topological polar surface area (TPSA) is 64.0 Å². The molecule has 1 aliphatic heterocycles. The Morgan fingerprint density at radius 1 is 1.25 bits per heavy atom. The summed E-state index contributed by atoms with van der Waals surface area (Å²) in [5.41, 5.74) is 4.10. The first-order valence-corrected chi connectivity index (χ1v) is 9.64. The Bertz CT molecular complexity index is 1070. The van der Waals surface area contributed by atoms with E-state index in [1.807, 2.05) is 25.1 Å². The molecular weight excluding hydrogens is 374 g/mol. The third kappa shape index (κ3) is 3.22. The number of Topliss-reactive ketones (excluding diaryl/α,β-unsaturated/α-hetero) is 1. The van der Waals surface area contributed by atoms with E-state index in [4.69, 9.17) is 11.6 Å². The molecule has 3 aromatic rings. The number of carbonyl (C=O) groups excluding carboxylic acids is 2. The fourth-order valence-corrected chi connectivity index (χ4v) is 3.81. The third-order valence-electron chi connectivity index (χ3n) is 5.11. The number of nitrogens with zero attached hydrogens (tertiary/aromatic N) is 2. The van der Waals surface area contributed by atoms with Crippen LogP contribution in [0.4, 0.5) is 5.82 Å². The van der Waals surface area contributed by atoms with E-state index in [9.17, 15) is 9.59 Å². The van der Waals surface area contributed by atoms with Gasteiger partial charge in [0.1, 0.15) is 5.82 Å². The van der Waals surface area contributed by atoms with E-state index in [1.54, 1.807) is 28.9 Å². The van der Waals surface area contributed by atoms with Gasteiger partial charge in [-0.1, -0.05) is 30.7 Å². The van der Waals surface area contributed by atoms with E-state index >= 15 is 0 Å².